The van der Waals surface area contributed by atoms with E-state index < -0.39 is 0 Å². The Balaban J connectivity index is 3.16. The third-order valence-electron chi connectivity index (χ3n) is 2.69. The lowest BCUT2D eigenvalue weighted by atomic mass is 10.1. The summed E-state index contributed by atoms with van der Waals surface area (Å²) in [7, 11) is 1.51. The van der Waals surface area contributed by atoms with Crippen molar-refractivity contribution in [2.24, 2.45) is 0 Å². The second kappa shape index (κ2) is 6.10. The van der Waals surface area contributed by atoms with Gasteiger partial charge < -0.3 is 15.4 Å². The number of anilines is 1. The molecule has 0 atom stereocenters. The third kappa shape index (κ3) is 2.83. The van der Waals surface area contributed by atoms with E-state index in [2.05, 4.69) is 6.58 Å². The summed E-state index contributed by atoms with van der Waals surface area (Å²) in [5.41, 5.74) is 6.75. The number of ether oxygens (including phenoxy) is 1. The molecule has 4 nitrogen and oxygen atoms in total. The van der Waals surface area contributed by atoms with Crippen molar-refractivity contribution in [1.82, 2.24) is 4.90 Å². The summed E-state index contributed by atoms with van der Waals surface area (Å²) in [4.78, 5) is 14.2. The van der Waals surface area contributed by atoms with Crippen molar-refractivity contribution in [2.45, 2.75) is 19.9 Å². The molecule has 1 rings (SSSR count). The minimum atomic E-state index is -0.103. The zero-order valence-electron chi connectivity index (χ0n) is 11.1. The largest absolute Gasteiger partial charge is 0.494 e. The first kappa shape index (κ1) is 14.1. The minimum Gasteiger partial charge on any atom is -0.494 e. The van der Waals surface area contributed by atoms with Gasteiger partial charge in [-0.3, -0.25) is 4.79 Å². The molecular weight excluding hydrogens is 228 g/mol. The number of amides is 1. The van der Waals surface area contributed by atoms with Crippen LogP contribution in [0.4, 0.5) is 5.69 Å². The molecule has 0 heterocycles. The van der Waals surface area contributed by atoms with Gasteiger partial charge in [0.15, 0.2) is 5.75 Å². The number of para-hydroxylation sites is 1. The highest BCUT2D eigenvalue weighted by atomic mass is 16.5. The van der Waals surface area contributed by atoms with E-state index >= 15 is 0 Å². The Morgan fingerprint density at radius 2 is 2.22 bits per heavy atom. The Kier molecular flexibility index (Phi) is 4.77. The molecule has 0 radical (unpaired) electrons. The lowest BCUT2D eigenvalue weighted by Gasteiger charge is -2.26. The Hall–Kier alpha value is -1.97. The van der Waals surface area contributed by atoms with Crippen molar-refractivity contribution < 1.29 is 9.53 Å². The van der Waals surface area contributed by atoms with Gasteiger partial charge in [-0.25, -0.2) is 0 Å². The fourth-order valence-electron chi connectivity index (χ4n) is 1.77. The molecule has 1 aromatic rings. The van der Waals surface area contributed by atoms with Crippen LogP contribution < -0.4 is 10.5 Å². The Labute approximate surface area is 108 Å². The highest BCUT2D eigenvalue weighted by Gasteiger charge is 2.21. The normalized spacial score (nSPS) is 10.2. The Bertz CT molecular complexity index is 441. The highest BCUT2D eigenvalue weighted by molar-refractivity contribution is 5.98. The molecule has 1 aromatic carbocycles. The zero-order valence-corrected chi connectivity index (χ0v) is 11.1. The van der Waals surface area contributed by atoms with Crippen LogP contribution in [0.2, 0.25) is 0 Å². The molecular formula is C14H20N2O2. The van der Waals surface area contributed by atoms with Gasteiger partial charge >= 0.3 is 0 Å². The van der Waals surface area contributed by atoms with Gasteiger partial charge in [-0.1, -0.05) is 12.1 Å². The van der Waals surface area contributed by atoms with Crippen molar-refractivity contribution in [3.8, 4) is 5.75 Å². The van der Waals surface area contributed by atoms with E-state index in [0.717, 1.165) is 0 Å². The molecule has 0 saturated carbocycles. The quantitative estimate of drug-likeness (QED) is 0.642. The van der Waals surface area contributed by atoms with Crippen LogP contribution in [-0.2, 0) is 0 Å². The third-order valence-corrected chi connectivity index (χ3v) is 2.69. The maximum absolute atomic E-state index is 12.5. The van der Waals surface area contributed by atoms with Crippen LogP contribution in [0.5, 0.6) is 5.75 Å². The fraction of sp³-hybridized carbons (Fsp3) is 0.357. The molecule has 18 heavy (non-hydrogen) atoms. The molecule has 0 unspecified atom stereocenters. The van der Waals surface area contributed by atoms with E-state index in [9.17, 15) is 4.79 Å². The van der Waals surface area contributed by atoms with Gasteiger partial charge in [0, 0.05) is 12.6 Å². The topological polar surface area (TPSA) is 55.6 Å². The number of nitrogens with zero attached hydrogens (tertiary/aromatic N) is 1. The Morgan fingerprint density at radius 3 is 2.72 bits per heavy atom. The van der Waals surface area contributed by atoms with Crippen LogP contribution in [0, 0.1) is 0 Å². The maximum atomic E-state index is 12.5. The average molecular weight is 248 g/mol. The predicted molar refractivity (Wildman–Crippen MR) is 73.8 cm³/mol. The summed E-state index contributed by atoms with van der Waals surface area (Å²) >= 11 is 0. The number of carbonyl (C=O) groups is 1. The van der Waals surface area contributed by atoms with Gasteiger partial charge in [0.05, 0.1) is 18.4 Å². The molecule has 0 aliphatic carbocycles. The van der Waals surface area contributed by atoms with E-state index in [1.165, 1.54) is 7.11 Å². The minimum absolute atomic E-state index is 0.0848. The first-order valence-corrected chi connectivity index (χ1v) is 5.87. The zero-order chi connectivity index (χ0) is 13.7. The van der Waals surface area contributed by atoms with Crippen molar-refractivity contribution in [3.63, 3.8) is 0 Å². The number of rotatable bonds is 5. The van der Waals surface area contributed by atoms with Crippen LogP contribution in [0.3, 0.4) is 0 Å². The van der Waals surface area contributed by atoms with E-state index in [4.69, 9.17) is 10.5 Å². The summed E-state index contributed by atoms with van der Waals surface area (Å²) in [5.74, 6) is 0.325. The molecule has 2 N–H and O–H groups in total. The van der Waals surface area contributed by atoms with Gasteiger partial charge in [0.25, 0.3) is 5.91 Å². The van der Waals surface area contributed by atoms with E-state index in [-0.39, 0.29) is 11.9 Å². The first-order valence-electron chi connectivity index (χ1n) is 5.87. The second-order valence-electron chi connectivity index (χ2n) is 4.27. The number of benzene rings is 1. The fourth-order valence-corrected chi connectivity index (χ4v) is 1.77. The van der Waals surface area contributed by atoms with Crippen molar-refractivity contribution in [3.05, 3.63) is 36.4 Å². The summed E-state index contributed by atoms with van der Waals surface area (Å²) in [5, 5.41) is 0. The molecule has 0 fully saturated rings. The smallest absolute Gasteiger partial charge is 0.258 e. The van der Waals surface area contributed by atoms with Gasteiger partial charge in [-0.2, -0.15) is 0 Å². The number of nitrogen functional groups attached to an aromatic ring is 1. The molecule has 0 spiro atoms. The van der Waals surface area contributed by atoms with Gasteiger partial charge in [0.2, 0.25) is 0 Å². The second-order valence-corrected chi connectivity index (χ2v) is 4.27. The number of carbonyl (C=O) groups excluding carboxylic acids is 1. The molecule has 1 amide bonds. The molecule has 0 aliphatic rings. The number of hydrogen-bond donors (Lipinski definition) is 1. The van der Waals surface area contributed by atoms with Gasteiger partial charge in [-0.05, 0) is 26.0 Å². The summed E-state index contributed by atoms with van der Waals surface area (Å²) in [6, 6.07) is 5.26. The average Bonchev–Trinajstić information content (AvgIpc) is 2.34. The molecule has 0 saturated heterocycles. The number of nitrogens with two attached hydrogens (primary N) is 1. The summed E-state index contributed by atoms with van der Waals surface area (Å²) in [6.07, 6.45) is 1.71. The van der Waals surface area contributed by atoms with E-state index in [0.29, 0.717) is 23.5 Å². The number of methoxy groups -OCH3 is 1. The SMILES string of the molecule is C=CCN(C(=O)c1cccc(N)c1OC)C(C)C. The Morgan fingerprint density at radius 1 is 1.56 bits per heavy atom. The number of hydrogen-bond acceptors (Lipinski definition) is 3. The molecule has 0 bridgehead atoms. The molecule has 4 heteroatoms. The van der Waals surface area contributed by atoms with Gasteiger partial charge in [0.1, 0.15) is 0 Å². The summed E-state index contributed by atoms with van der Waals surface area (Å²) in [6.45, 7) is 8.08. The van der Waals surface area contributed by atoms with E-state index in [1.807, 2.05) is 13.8 Å². The van der Waals surface area contributed by atoms with Crippen LogP contribution in [-0.4, -0.2) is 30.5 Å². The molecule has 98 valence electrons. The van der Waals surface area contributed by atoms with E-state index in [1.54, 1.807) is 29.2 Å². The molecule has 0 aliphatic heterocycles. The van der Waals surface area contributed by atoms with Gasteiger partial charge in [-0.15, -0.1) is 6.58 Å². The van der Waals surface area contributed by atoms with Crippen LogP contribution >= 0.6 is 0 Å². The lowest BCUT2D eigenvalue weighted by Crippen LogP contribution is -2.37. The van der Waals surface area contributed by atoms with Crippen LogP contribution in [0.1, 0.15) is 24.2 Å². The van der Waals surface area contributed by atoms with Crippen LogP contribution in [0.15, 0.2) is 30.9 Å². The maximum Gasteiger partial charge on any atom is 0.258 e. The summed E-state index contributed by atoms with van der Waals surface area (Å²) < 4.78 is 5.21. The van der Waals surface area contributed by atoms with Crippen molar-refractivity contribution in [1.29, 1.82) is 0 Å². The standard InChI is InChI=1S/C14H20N2O2/c1-5-9-16(10(2)3)14(17)11-7-6-8-12(15)13(11)18-4/h5-8,10H,1,9,15H2,2-4H3. The van der Waals surface area contributed by atoms with Crippen molar-refractivity contribution >= 4 is 11.6 Å². The first-order chi connectivity index (χ1) is 8.52. The lowest BCUT2D eigenvalue weighted by molar-refractivity contribution is 0.0725. The van der Waals surface area contributed by atoms with Crippen molar-refractivity contribution in [2.75, 3.05) is 19.4 Å². The predicted octanol–water partition coefficient (Wildman–Crippen LogP) is 2.31. The molecule has 0 aromatic heterocycles. The monoisotopic (exact) mass is 248 g/mol. The van der Waals surface area contributed by atoms with Crippen LogP contribution in [0.25, 0.3) is 0 Å². The highest BCUT2D eigenvalue weighted by Crippen LogP contribution is 2.27.